The molecule has 0 bridgehead atoms. The van der Waals surface area contributed by atoms with Crippen LogP contribution in [0.3, 0.4) is 0 Å². The predicted molar refractivity (Wildman–Crippen MR) is 105 cm³/mol. The molecule has 0 N–H and O–H groups in total. The standard InChI is InChI=1S/C10H26N2P2.2HI.V/c1-11(13(3,4)5)9-10-12(2)14(6,7)8;;;/h3,6,9-10H2,1-2,4-5,7-8H3;2*1H;/q;;;+2/p-2. The van der Waals surface area contributed by atoms with Gasteiger partial charge in [0.05, 0.1) is 0 Å². The number of nitrogens with zero attached hydrogens (tertiary/aromatic N) is 2. The van der Waals surface area contributed by atoms with E-state index >= 15 is 0 Å². The maximum atomic E-state index is 4.22. The van der Waals surface area contributed by atoms with Crippen LogP contribution in [0.15, 0.2) is 0 Å². The fraction of sp³-hybridized carbons (Fsp3) is 0.800. The number of hydrogen-bond donors (Lipinski definition) is 0. The zero-order chi connectivity index (χ0) is 14.3. The van der Waals surface area contributed by atoms with Gasteiger partial charge in [0.25, 0.3) is 0 Å². The molecule has 0 unspecified atom stereocenters. The van der Waals surface area contributed by atoms with Crippen molar-refractivity contribution in [2.24, 2.45) is 0 Å². The van der Waals surface area contributed by atoms with Crippen molar-refractivity contribution < 1.29 is 9.47 Å². The summed E-state index contributed by atoms with van der Waals surface area (Å²) in [5.41, 5.74) is 0. The molecule has 7 heteroatoms. The van der Waals surface area contributed by atoms with Crippen LogP contribution in [0, 0.1) is 0 Å². The van der Waals surface area contributed by atoms with Gasteiger partial charge in [0.1, 0.15) is 0 Å². The molecule has 0 atom stereocenters. The summed E-state index contributed by atoms with van der Waals surface area (Å²) in [6, 6.07) is 0. The van der Waals surface area contributed by atoms with E-state index in [1.54, 1.807) is 0 Å². The van der Waals surface area contributed by atoms with Crippen LogP contribution in [0.5, 0.6) is 0 Å². The Morgan fingerprint density at radius 3 is 1.18 bits per heavy atom. The Hall–Kier alpha value is 2.56. The van der Waals surface area contributed by atoms with Gasteiger partial charge in [-0.1, -0.05) is 26.7 Å². The van der Waals surface area contributed by atoms with Gasteiger partial charge < -0.3 is 0 Å². The molecule has 0 aliphatic carbocycles. The van der Waals surface area contributed by atoms with Crippen LogP contribution in [0.2, 0.25) is 0 Å². The van der Waals surface area contributed by atoms with E-state index in [4.69, 9.17) is 0 Å². The van der Waals surface area contributed by atoms with Gasteiger partial charge in [0, 0.05) is 13.1 Å². The van der Waals surface area contributed by atoms with Gasteiger partial charge in [0.2, 0.25) is 0 Å². The SMILES string of the molecule is C=P(C)(C)N(C)CCN(C)P(=C)(C)C.[I][V][I]. The van der Waals surface area contributed by atoms with E-state index in [0.717, 1.165) is 13.1 Å². The molecule has 0 saturated carbocycles. The molecule has 0 aliphatic rings. The van der Waals surface area contributed by atoms with Crippen molar-refractivity contribution in [2.45, 2.75) is 0 Å². The van der Waals surface area contributed by atoms with Gasteiger partial charge in [-0.25, -0.2) is 0 Å². The number of likely N-dealkylation sites (N-methyl/N-ethyl adjacent to an activating group) is 2. The Morgan fingerprint density at radius 1 is 0.882 bits per heavy atom. The first-order valence-corrected chi connectivity index (χ1v) is 19.8. The fourth-order valence-electron chi connectivity index (χ4n) is 0.831. The molecule has 0 aromatic carbocycles. The predicted octanol–water partition coefficient (Wildman–Crippen LogP) is 3.87. The summed E-state index contributed by atoms with van der Waals surface area (Å²) in [6.07, 6.45) is 8.44. The summed E-state index contributed by atoms with van der Waals surface area (Å²) < 4.78 is 4.78. The third-order valence-electron chi connectivity index (χ3n) is 2.60. The Morgan fingerprint density at radius 2 is 1.06 bits per heavy atom. The molecule has 105 valence electrons. The molecule has 0 aliphatic heterocycles. The molecule has 2 nitrogen and oxygen atoms in total. The Labute approximate surface area is 138 Å². The molecule has 0 rings (SSSR count). The number of rotatable bonds is 5. The van der Waals surface area contributed by atoms with E-state index in [-0.39, 0.29) is 0 Å². The average Bonchev–Trinajstić information content (AvgIpc) is 2.11. The van der Waals surface area contributed by atoms with Crippen LogP contribution < -0.4 is 0 Å². The second kappa shape index (κ2) is 10.3. The molecule has 0 radical (unpaired) electrons. The second-order valence-electron chi connectivity index (χ2n) is 5.07. The van der Waals surface area contributed by atoms with Crippen molar-refractivity contribution >= 4 is 66.6 Å². The van der Waals surface area contributed by atoms with E-state index in [1.165, 1.54) is 0 Å². The van der Waals surface area contributed by atoms with Crippen LogP contribution >= 0.6 is 54.0 Å². The van der Waals surface area contributed by atoms with Crippen LogP contribution in [-0.4, -0.2) is 75.8 Å². The van der Waals surface area contributed by atoms with Gasteiger partial charge in [-0.05, 0) is 40.8 Å². The van der Waals surface area contributed by atoms with Crippen LogP contribution in [0.4, 0.5) is 0 Å². The van der Waals surface area contributed by atoms with Crippen LogP contribution in [-0.2, 0) is 9.47 Å². The third kappa shape index (κ3) is 13.3. The summed E-state index contributed by atoms with van der Waals surface area (Å²) in [4.78, 5) is 0. The molecule has 0 aromatic heterocycles. The molecule has 0 fully saturated rings. The zero-order valence-electron chi connectivity index (χ0n) is 11.8. The fourth-order valence-corrected chi connectivity index (χ4v) is 2.09. The first kappa shape index (κ1) is 21.9. The quantitative estimate of drug-likeness (QED) is 0.386. The zero-order valence-corrected chi connectivity index (χ0v) is 19.3. The molecule has 0 spiro atoms. The number of halogens is 2. The monoisotopic (exact) mass is 541 g/mol. The molecular formula is C10H26I2N2P2V. The normalized spacial score (nSPS) is 12.4. The summed E-state index contributed by atoms with van der Waals surface area (Å²) in [7, 11) is 2.83. The summed E-state index contributed by atoms with van der Waals surface area (Å²) >= 11 is 4.74. The van der Waals surface area contributed by atoms with Crippen molar-refractivity contribution in [3.05, 3.63) is 0 Å². The summed E-state index contributed by atoms with van der Waals surface area (Å²) in [6.45, 7) is 11.2. The minimum absolute atomic E-state index is 0.628. The van der Waals surface area contributed by atoms with Gasteiger partial charge in [0.15, 0.2) is 0 Å². The van der Waals surface area contributed by atoms with Crippen molar-refractivity contribution in [2.75, 3.05) is 53.8 Å². The Balaban J connectivity index is 0. The van der Waals surface area contributed by atoms with Gasteiger partial charge in [-0.15, -0.1) is 0 Å². The molecule has 0 heterocycles. The first-order chi connectivity index (χ1) is 7.46. The molecule has 17 heavy (non-hydrogen) atoms. The van der Waals surface area contributed by atoms with E-state index in [0.29, 0.717) is 9.47 Å². The number of hydrogen-bond acceptors (Lipinski definition) is 2. The third-order valence-corrected chi connectivity index (χ3v) is 6.69. The van der Waals surface area contributed by atoms with E-state index in [1.807, 2.05) is 0 Å². The van der Waals surface area contributed by atoms with E-state index in [9.17, 15) is 0 Å². The maximum absolute atomic E-state index is 4.22. The molecule has 0 saturated heterocycles. The van der Waals surface area contributed by atoms with Crippen LogP contribution in [0.25, 0.3) is 0 Å². The summed E-state index contributed by atoms with van der Waals surface area (Å²) in [5.74, 6) is 0. The van der Waals surface area contributed by atoms with E-state index < -0.39 is 14.1 Å². The summed E-state index contributed by atoms with van der Waals surface area (Å²) in [5, 5.41) is 0. The molecule has 0 amide bonds. The van der Waals surface area contributed by atoms with Gasteiger partial charge in [-0.3, -0.25) is 9.34 Å². The molecular weight excluding hydrogens is 515 g/mol. The van der Waals surface area contributed by atoms with Gasteiger partial charge >= 0.3 is 49.4 Å². The van der Waals surface area contributed by atoms with Gasteiger partial charge in [-0.2, -0.15) is 0 Å². The first-order valence-electron chi connectivity index (χ1n) is 5.19. The molecule has 0 aromatic rings. The van der Waals surface area contributed by atoms with Crippen LogP contribution in [0.1, 0.15) is 0 Å². The van der Waals surface area contributed by atoms with Crippen molar-refractivity contribution in [3.63, 3.8) is 0 Å². The van der Waals surface area contributed by atoms with Crippen molar-refractivity contribution in [3.8, 4) is 0 Å². The second-order valence-corrected chi connectivity index (χ2v) is 24.7. The van der Waals surface area contributed by atoms with E-state index in [2.05, 4.69) is 103 Å². The topological polar surface area (TPSA) is 6.48 Å². The Bertz CT molecular complexity index is 260. The van der Waals surface area contributed by atoms with Crippen molar-refractivity contribution in [1.29, 1.82) is 0 Å². The average molecular weight is 541 g/mol. The Kier molecular flexibility index (Phi) is 13.3. The minimum atomic E-state index is -1.07. The van der Waals surface area contributed by atoms with Crippen molar-refractivity contribution in [1.82, 2.24) is 9.34 Å².